The number of nitrogens with zero attached hydrogens (tertiary/aromatic N) is 2. The van der Waals surface area contributed by atoms with Crippen LogP contribution < -0.4 is 10.6 Å². The fourth-order valence-corrected chi connectivity index (χ4v) is 3.23. The highest BCUT2D eigenvalue weighted by Gasteiger charge is 2.37. The van der Waals surface area contributed by atoms with E-state index in [1.165, 1.54) is 0 Å². The van der Waals surface area contributed by atoms with Crippen molar-refractivity contribution < 1.29 is 28.7 Å². The van der Waals surface area contributed by atoms with Gasteiger partial charge in [-0.25, -0.2) is 4.79 Å². The molecule has 0 bridgehead atoms. The van der Waals surface area contributed by atoms with Crippen LogP contribution in [-0.2, 0) is 23.9 Å². The van der Waals surface area contributed by atoms with Gasteiger partial charge in [0.15, 0.2) is 0 Å². The van der Waals surface area contributed by atoms with Crippen molar-refractivity contribution in [2.45, 2.75) is 65.6 Å². The number of carbonyl (C=O) groups excluding carboxylic acids is 4. The maximum Gasteiger partial charge on any atom is 0.408 e. The van der Waals surface area contributed by atoms with Crippen LogP contribution in [0.4, 0.5) is 4.79 Å². The van der Waals surface area contributed by atoms with Crippen LogP contribution in [0.5, 0.6) is 0 Å². The summed E-state index contributed by atoms with van der Waals surface area (Å²) in [6.07, 6.45) is -0.820. The second-order valence-corrected chi connectivity index (χ2v) is 9.15. The van der Waals surface area contributed by atoms with Gasteiger partial charge in [-0.15, -0.1) is 0 Å². The number of ether oxygens (including phenoxy) is 2. The fraction of sp³-hybridized carbons (Fsp3) is 0.560. The van der Waals surface area contributed by atoms with Crippen molar-refractivity contribution in [2.75, 3.05) is 19.7 Å². The first-order chi connectivity index (χ1) is 16.4. The van der Waals surface area contributed by atoms with E-state index in [0.29, 0.717) is 5.56 Å². The molecule has 2 unspecified atom stereocenters. The molecule has 192 valence electrons. The van der Waals surface area contributed by atoms with Crippen molar-refractivity contribution in [1.82, 2.24) is 15.5 Å². The highest BCUT2D eigenvalue weighted by Crippen LogP contribution is 2.23. The van der Waals surface area contributed by atoms with Gasteiger partial charge in [0.2, 0.25) is 11.8 Å². The summed E-state index contributed by atoms with van der Waals surface area (Å²) in [5, 5.41) is 14.7. The third-order valence-electron chi connectivity index (χ3n) is 4.74. The molecule has 1 aromatic carbocycles. The number of esters is 1. The van der Waals surface area contributed by atoms with Crippen LogP contribution in [0.3, 0.4) is 0 Å². The lowest BCUT2D eigenvalue weighted by molar-refractivity contribution is -0.144. The summed E-state index contributed by atoms with van der Waals surface area (Å²) < 4.78 is 10.2. The molecule has 2 N–H and O–H groups in total. The molecule has 0 heterocycles. The van der Waals surface area contributed by atoms with Crippen LogP contribution in [0, 0.1) is 17.2 Å². The van der Waals surface area contributed by atoms with E-state index < -0.39 is 48.1 Å². The summed E-state index contributed by atoms with van der Waals surface area (Å²) in [6, 6.07) is 8.25. The van der Waals surface area contributed by atoms with Gasteiger partial charge in [0.05, 0.1) is 19.1 Å². The Bertz CT molecular complexity index is 905. The first kappa shape index (κ1) is 29.4. The van der Waals surface area contributed by atoms with Crippen LogP contribution in [-0.4, -0.2) is 60.1 Å². The van der Waals surface area contributed by atoms with E-state index in [9.17, 15) is 24.4 Å². The monoisotopic (exact) mass is 488 g/mol. The average Bonchev–Trinajstić information content (AvgIpc) is 2.76. The first-order valence-electron chi connectivity index (χ1n) is 11.6. The standard InChI is InChI=1S/C25H36N4O6/c1-7-34-19(30)13-15-27-22(31)21(18-11-9-8-10-12-18)29(16-14-26)23(32)20(17(2)3)28-24(33)35-25(4,5)6/h8-12,17,20-21H,7,13,15-16H2,1-6H3,(H,27,31)(H,28,33). The number of alkyl carbamates (subject to hydrolysis) is 1. The van der Waals surface area contributed by atoms with Gasteiger partial charge >= 0.3 is 12.1 Å². The molecule has 1 rings (SSSR count). The second-order valence-electron chi connectivity index (χ2n) is 9.15. The average molecular weight is 489 g/mol. The quantitative estimate of drug-likeness (QED) is 0.361. The van der Waals surface area contributed by atoms with Crippen molar-refractivity contribution in [3.8, 4) is 6.07 Å². The lowest BCUT2D eigenvalue weighted by Crippen LogP contribution is -2.55. The molecule has 0 aromatic heterocycles. The zero-order valence-electron chi connectivity index (χ0n) is 21.3. The molecule has 10 nitrogen and oxygen atoms in total. The molecule has 0 aliphatic heterocycles. The summed E-state index contributed by atoms with van der Waals surface area (Å²) >= 11 is 0. The fourth-order valence-electron chi connectivity index (χ4n) is 3.23. The highest BCUT2D eigenvalue weighted by molar-refractivity contribution is 5.92. The predicted molar refractivity (Wildman–Crippen MR) is 129 cm³/mol. The Balaban J connectivity index is 3.25. The van der Waals surface area contributed by atoms with E-state index in [4.69, 9.17) is 9.47 Å². The molecule has 0 aliphatic rings. The zero-order valence-corrected chi connectivity index (χ0v) is 21.3. The largest absolute Gasteiger partial charge is 0.466 e. The highest BCUT2D eigenvalue weighted by atomic mass is 16.6. The van der Waals surface area contributed by atoms with Crippen LogP contribution >= 0.6 is 0 Å². The molecule has 10 heteroatoms. The molecule has 0 radical (unpaired) electrons. The van der Waals surface area contributed by atoms with Crippen LogP contribution in [0.1, 0.15) is 59.6 Å². The first-order valence-corrected chi connectivity index (χ1v) is 11.6. The second kappa shape index (κ2) is 13.9. The maximum absolute atomic E-state index is 13.6. The molecule has 1 aromatic rings. The van der Waals surface area contributed by atoms with Gasteiger partial charge in [-0.1, -0.05) is 44.2 Å². The number of amides is 3. The van der Waals surface area contributed by atoms with E-state index >= 15 is 0 Å². The number of nitrogens with one attached hydrogen (secondary N) is 2. The third-order valence-corrected chi connectivity index (χ3v) is 4.74. The lowest BCUT2D eigenvalue weighted by atomic mass is 9.99. The summed E-state index contributed by atoms with van der Waals surface area (Å²) in [5.41, 5.74) is -0.295. The Kier molecular flexibility index (Phi) is 11.7. The SMILES string of the molecule is CCOC(=O)CCNC(=O)C(c1ccccc1)N(CC#N)C(=O)C(NC(=O)OC(C)(C)C)C(C)C. The molecular formula is C25H36N4O6. The Hall–Kier alpha value is -3.61. The summed E-state index contributed by atoms with van der Waals surface area (Å²) in [5.74, 6) is -2.00. The molecule has 0 saturated carbocycles. The van der Waals surface area contributed by atoms with Gasteiger partial charge < -0.3 is 25.0 Å². The normalized spacial score (nSPS) is 12.6. The zero-order chi connectivity index (χ0) is 26.6. The number of nitriles is 1. The van der Waals surface area contributed by atoms with Gasteiger partial charge in [0.1, 0.15) is 24.2 Å². The molecule has 0 saturated heterocycles. The predicted octanol–water partition coefficient (Wildman–Crippen LogP) is 2.70. The molecular weight excluding hydrogens is 452 g/mol. The molecule has 0 aliphatic carbocycles. The van der Waals surface area contributed by atoms with Crippen LogP contribution in [0.15, 0.2) is 30.3 Å². The Labute approximate surface area is 206 Å². The van der Waals surface area contributed by atoms with Gasteiger partial charge in [0.25, 0.3) is 0 Å². The van der Waals surface area contributed by atoms with E-state index in [-0.39, 0.29) is 25.5 Å². The lowest BCUT2D eigenvalue weighted by Gasteiger charge is -2.34. The van der Waals surface area contributed by atoms with E-state index in [1.54, 1.807) is 71.9 Å². The molecule has 2 atom stereocenters. The Morgan fingerprint density at radius 2 is 1.74 bits per heavy atom. The molecule has 0 spiro atoms. The number of hydrogen-bond acceptors (Lipinski definition) is 7. The minimum Gasteiger partial charge on any atom is -0.466 e. The van der Waals surface area contributed by atoms with E-state index in [2.05, 4.69) is 10.6 Å². The van der Waals surface area contributed by atoms with Gasteiger partial charge in [-0.3, -0.25) is 14.4 Å². The number of rotatable bonds is 11. The van der Waals surface area contributed by atoms with Crippen LogP contribution in [0.25, 0.3) is 0 Å². The van der Waals surface area contributed by atoms with Gasteiger partial charge in [-0.05, 0) is 39.2 Å². The Morgan fingerprint density at radius 3 is 2.26 bits per heavy atom. The number of hydrogen-bond donors (Lipinski definition) is 2. The topological polar surface area (TPSA) is 138 Å². The number of benzene rings is 1. The molecule has 35 heavy (non-hydrogen) atoms. The third kappa shape index (κ3) is 10.0. The van der Waals surface area contributed by atoms with Crippen molar-refractivity contribution in [2.24, 2.45) is 5.92 Å². The van der Waals surface area contributed by atoms with Gasteiger partial charge in [-0.2, -0.15) is 5.26 Å². The summed E-state index contributed by atoms with van der Waals surface area (Å²) in [6.45, 7) is 10.1. The molecule has 0 fully saturated rings. The molecule has 3 amide bonds. The van der Waals surface area contributed by atoms with Crippen molar-refractivity contribution in [3.63, 3.8) is 0 Å². The summed E-state index contributed by atoms with van der Waals surface area (Å²) in [7, 11) is 0. The smallest absolute Gasteiger partial charge is 0.408 e. The van der Waals surface area contributed by atoms with Crippen molar-refractivity contribution in [1.29, 1.82) is 5.26 Å². The van der Waals surface area contributed by atoms with E-state index in [1.807, 2.05) is 6.07 Å². The van der Waals surface area contributed by atoms with Crippen LogP contribution in [0.2, 0.25) is 0 Å². The van der Waals surface area contributed by atoms with Crippen molar-refractivity contribution in [3.05, 3.63) is 35.9 Å². The van der Waals surface area contributed by atoms with Gasteiger partial charge in [0, 0.05) is 6.54 Å². The number of carbonyl (C=O) groups is 4. The minimum atomic E-state index is -1.16. The van der Waals surface area contributed by atoms with Crippen molar-refractivity contribution >= 4 is 23.9 Å². The maximum atomic E-state index is 13.6. The Morgan fingerprint density at radius 1 is 1.11 bits per heavy atom. The minimum absolute atomic E-state index is 0.000643. The summed E-state index contributed by atoms with van der Waals surface area (Å²) in [4.78, 5) is 52.0. The van der Waals surface area contributed by atoms with E-state index in [0.717, 1.165) is 4.90 Å².